The fourth-order valence-electron chi connectivity index (χ4n) is 7.42. The van der Waals surface area contributed by atoms with Crippen LogP contribution in [0.5, 0.6) is 0 Å². The average molecular weight is 584 g/mol. The van der Waals surface area contributed by atoms with Crippen molar-refractivity contribution in [3.05, 3.63) is 147 Å². The maximum atomic E-state index is 14.9. The number of benzene rings is 4. The number of aryl methyl sites for hydroxylation is 1. The van der Waals surface area contributed by atoms with Crippen LogP contribution in [0.15, 0.2) is 103 Å². The smallest absolute Gasteiger partial charge is 0.270 e. The fourth-order valence-corrected chi connectivity index (χ4v) is 7.42. The molecule has 44 heavy (non-hydrogen) atoms. The number of hydrogen-bond acceptors (Lipinski definition) is 6. The summed E-state index contributed by atoms with van der Waals surface area (Å²) in [7, 11) is 0. The van der Waals surface area contributed by atoms with Crippen molar-refractivity contribution in [1.82, 2.24) is 4.90 Å². The molecule has 8 heteroatoms. The summed E-state index contributed by atoms with van der Waals surface area (Å²) in [6, 6.07) is 26.2. The molecule has 0 radical (unpaired) electrons. The number of nitro groups is 1. The zero-order valence-corrected chi connectivity index (χ0v) is 24.0. The van der Waals surface area contributed by atoms with E-state index in [1.54, 1.807) is 18.3 Å². The molecule has 1 spiro atoms. The number of non-ortho nitro benzene ring substituents is 1. The fraction of sp³-hybridized carbons (Fsp3) is 0.194. The Hall–Kier alpha value is -5.37. The number of nitrogens with one attached hydrogen (secondary N) is 1. The second kappa shape index (κ2) is 10.4. The highest BCUT2D eigenvalue weighted by Crippen LogP contribution is 2.62. The molecule has 3 aliphatic rings. The topological polar surface area (TPSA) is 110 Å². The maximum absolute atomic E-state index is 14.9. The molecule has 1 fully saturated rings. The maximum Gasteiger partial charge on any atom is 0.270 e. The molecule has 1 saturated heterocycles. The Morgan fingerprint density at radius 3 is 2.43 bits per heavy atom. The molecule has 0 aromatic heterocycles. The number of nitro benzene ring substituents is 1. The Labute approximate surface area is 254 Å². The highest BCUT2D eigenvalue weighted by Gasteiger charge is 2.70. The average Bonchev–Trinajstić information content (AvgIpc) is 3.53. The lowest BCUT2D eigenvalue weighted by molar-refractivity contribution is -0.384. The third-order valence-electron chi connectivity index (χ3n) is 9.24. The number of hydrogen-bond donors (Lipinski definition) is 1. The van der Waals surface area contributed by atoms with Crippen molar-refractivity contribution in [3.63, 3.8) is 0 Å². The summed E-state index contributed by atoms with van der Waals surface area (Å²) in [6.07, 6.45) is 5.50. The number of carbonyl (C=O) groups excluding carboxylic acids is 3. The van der Waals surface area contributed by atoms with Gasteiger partial charge in [-0.3, -0.25) is 24.5 Å². The third-order valence-corrected chi connectivity index (χ3v) is 9.24. The van der Waals surface area contributed by atoms with Crippen LogP contribution in [0.2, 0.25) is 0 Å². The summed E-state index contributed by atoms with van der Waals surface area (Å²) in [5, 5.41) is 14.7. The van der Waals surface area contributed by atoms with Crippen LogP contribution in [0.1, 0.15) is 62.4 Å². The Morgan fingerprint density at radius 2 is 1.66 bits per heavy atom. The van der Waals surface area contributed by atoms with Gasteiger partial charge in [-0.05, 0) is 40.8 Å². The zero-order valence-electron chi connectivity index (χ0n) is 24.0. The van der Waals surface area contributed by atoms with Gasteiger partial charge in [-0.2, -0.15) is 0 Å². The second-order valence-electron chi connectivity index (χ2n) is 11.6. The highest BCUT2D eigenvalue weighted by atomic mass is 16.6. The molecule has 7 rings (SSSR count). The van der Waals surface area contributed by atoms with Gasteiger partial charge in [-0.15, -0.1) is 0 Å². The lowest BCUT2D eigenvalue weighted by Gasteiger charge is -2.38. The van der Waals surface area contributed by atoms with E-state index in [1.165, 1.54) is 24.3 Å². The molecule has 0 saturated carbocycles. The summed E-state index contributed by atoms with van der Waals surface area (Å²) in [5.74, 6) is -2.29. The number of carbonyl (C=O) groups is 3. The standard InChI is InChI=1S/C36H29N3O5/c1-2-8-22-15-17-24(18-16-22)32(40)30-31(33(41)25-10-7-11-26(21-25)39(43)44)38-20-19-23-9-3-4-12-27(23)34(38)36(30)28-13-5-6-14-29(28)37-35(36)42/h3-7,9-21,30-31,34H,2,8H2,1H3,(H,37,42)/t30-,31+,34-,36+/m0/s1. The Bertz CT molecular complexity index is 1880. The van der Waals surface area contributed by atoms with Crippen LogP contribution in [-0.4, -0.2) is 33.3 Å². The molecule has 1 amide bonds. The van der Waals surface area contributed by atoms with E-state index < -0.39 is 34.1 Å². The minimum atomic E-state index is -1.46. The Balaban J connectivity index is 1.50. The van der Waals surface area contributed by atoms with Gasteiger partial charge in [0.25, 0.3) is 5.69 Å². The van der Waals surface area contributed by atoms with E-state index in [0.29, 0.717) is 16.8 Å². The van der Waals surface area contributed by atoms with E-state index >= 15 is 0 Å². The van der Waals surface area contributed by atoms with Crippen molar-refractivity contribution in [2.75, 3.05) is 5.32 Å². The van der Waals surface area contributed by atoms with Crippen molar-refractivity contribution >= 4 is 34.9 Å². The van der Waals surface area contributed by atoms with Crippen LogP contribution < -0.4 is 5.32 Å². The number of para-hydroxylation sites is 1. The normalized spacial score (nSPS) is 22.7. The minimum Gasteiger partial charge on any atom is -0.358 e. The molecule has 4 aromatic rings. The first-order valence-electron chi connectivity index (χ1n) is 14.7. The van der Waals surface area contributed by atoms with Crippen LogP contribution in [0.4, 0.5) is 11.4 Å². The monoisotopic (exact) mass is 583 g/mol. The molecule has 0 bridgehead atoms. The summed E-state index contributed by atoms with van der Waals surface area (Å²) < 4.78 is 0. The molecule has 8 nitrogen and oxygen atoms in total. The number of amides is 1. The van der Waals surface area contributed by atoms with Gasteiger partial charge in [-0.1, -0.05) is 92.2 Å². The van der Waals surface area contributed by atoms with E-state index in [1.807, 2.05) is 71.6 Å². The Morgan fingerprint density at radius 1 is 0.909 bits per heavy atom. The highest BCUT2D eigenvalue weighted by molar-refractivity contribution is 6.16. The quantitative estimate of drug-likeness (QED) is 0.151. The largest absolute Gasteiger partial charge is 0.358 e. The van der Waals surface area contributed by atoms with E-state index in [9.17, 15) is 24.5 Å². The number of fused-ring (bicyclic) bond motifs is 6. The molecular weight excluding hydrogens is 554 g/mol. The predicted octanol–water partition coefficient (Wildman–Crippen LogP) is 6.53. The Kier molecular flexibility index (Phi) is 6.50. The van der Waals surface area contributed by atoms with Gasteiger partial charge >= 0.3 is 0 Å². The zero-order chi connectivity index (χ0) is 30.6. The van der Waals surface area contributed by atoms with Crippen LogP contribution in [0, 0.1) is 16.0 Å². The van der Waals surface area contributed by atoms with Crippen molar-refractivity contribution in [3.8, 4) is 0 Å². The molecule has 4 atom stereocenters. The number of ketones is 2. The van der Waals surface area contributed by atoms with Crippen molar-refractivity contribution in [2.24, 2.45) is 5.92 Å². The molecule has 4 aromatic carbocycles. The van der Waals surface area contributed by atoms with E-state index in [2.05, 4.69) is 12.2 Å². The molecular formula is C36H29N3O5. The number of anilines is 1. The van der Waals surface area contributed by atoms with Crippen LogP contribution >= 0.6 is 0 Å². The molecule has 3 heterocycles. The first-order chi connectivity index (χ1) is 21.4. The molecule has 218 valence electrons. The lowest BCUT2D eigenvalue weighted by Crippen LogP contribution is -2.49. The van der Waals surface area contributed by atoms with E-state index in [0.717, 1.165) is 29.5 Å². The summed E-state index contributed by atoms with van der Waals surface area (Å²) >= 11 is 0. The van der Waals surface area contributed by atoms with Crippen molar-refractivity contribution in [1.29, 1.82) is 0 Å². The van der Waals surface area contributed by atoms with Crippen molar-refractivity contribution in [2.45, 2.75) is 37.3 Å². The van der Waals surface area contributed by atoms with Gasteiger partial charge in [0, 0.05) is 35.1 Å². The molecule has 3 aliphatic heterocycles. The van der Waals surface area contributed by atoms with Gasteiger partial charge in [0.1, 0.15) is 11.5 Å². The first-order valence-corrected chi connectivity index (χ1v) is 14.7. The van der Waals surface area contributed by atoms with E-state index in [-0.39, 0.29) is 22.9 Å². The number of rotatable bonds is 7. The number of Topliss-reactive ketones (excluding diaryl/α,β-unsaturated/α-hetero) is 2. The second-order valence-corrected chi connectivity index (χ2v) is 11.6. The van der Waals surface area contributed by atoms with E-state index in [4.69, 9.17) is 0 Å². The lowest BCUT2D eigenvalue weighted by atomic mass is 9.62. The molecule has 1 N–H and O–H groups in total. The van der Waals surface area contributed by atoms with Crippen LogP contribution in [-0.2, 0) is 16.6 Å². The first kappa shape index (κ1) is 27.5. The summed E-state index contributed by atoms with van der Waals surface area (Å²) in [6.45, 7) is 2.09. The van der Waals surface area contributed by atoms with Gasteiger partial charge in [0.05, 0.1) is 16.9 Å². The van der Waals surface area contributed by atoms with Crippen LogP contribution in [0.3, 0.4) is 0 Å². The summed E-state index contributed by atoms with van der Waals surface area (Å²) in [5.41, 5.74) is 2.89. The van der Waals surface area contributed by atoms with Gasteiger partial charge in [-0.25, -0.2) is 0 Å². The van der Waals surface area contributed by atoms with Crippen molar-refractivity contribution < 1.29 is 19.3 Å². The minimum absolute atomic E-state index is 0.107. The SMILES string of the molecule is CCCc1ccc(C(=O)[C@@H]2[C@H](C(=O)c3cccc([N+](=O)[O-])c3)N3C=Cc4ccccc4[C@H]3[C@]23C(=O)Nc2ccccc23)cc1. The van der Waals surface area contributed by atoms with Gasteiger partial charge in [0.2, 0.25) is 5.91 Å². The molecule has 0 unspecified atom stereocenters. The number of nitrogens with zero attached hydrogens (tertiary/aromatic N) is 2. The molecule has 0 aliphatic carbocycles. The third kappa shape index (κ3) is 3.94. The van der Waals surface area contributed by atoms with Gasteiger partial charge in [0.15, 0.2) is 11.6 Å². The van der Waals surface area contributed by atoms with Gasteiger partial charge < -0.3 is 10.2 Å². The summed E-state index contributed by atoms with van der Waals surface area (Å²) in [4.78, 5) is 57.0. The van der Waals surface area contributed by atoms with Crippen LogP contribution in [0.25, 0.3) is 6.08 Å². The predicted molar refractivity (Wildman–Crippen MR) is 166 cm³/mol.